The molecule has 0 spiro atoms. The molecule has 14 heavy (non-hydrogen) atoms. The third-order valence-electron chi connectivity index (χ3n) is 3.73. The van der Waals surface area contributed by atoms with Crippen LogP contribution in [0, 0.1) is 11.3 Å². The monoisotopic (exact) mass is 197 g/mol. The largest absolute Gasteiger partial charge is 0.316 e. The van der Waals surface area contributed by atoms with Crippen LogP contribution in [0.1, 0.15) is 59.3 Å². The van der Waals surface area contributed by atoms with Crippen molar-refractivity contribution < 1.29 is 0 Å². The van der Waals surface area contributed by atoms with E-state index in [1.807, 2.05) is 0 Å². The van der Waals surface area contributed by atoms with Crippen molar-refractivity contribution in [2.45, 2.75) is 65.3 Å². The molecular weight excluding hydrogens is 170 g/mol. The van der Waals surface area contributed by atoms with Crippen molar-refractivity contribution in [1.29, 1.82) is 0 Å². The summed E-state index contributed by atoms with van der Waals surface area (Å²) < 4.78 is 0. The van der Waals surface area contributed by atoms with E-state index >= 15 is 0 Å². The van der Waals surface area contributed by atoms with Crippen molar-refractivity contribution in [2.75, 3.05) is 7.05 Å². The predicted octanol–water partition coefficient (Wildman–Crippen LogP) is 3.59. The minimum atomic E-state index is 0.410. The SMILES string of the molecule is CNC(CCC1CCCC1)C(C)(C)C. The normalized spacial score (nSPS) is 21.4. The van der Waals surface area contributed by atoms with Gasteiger partial charge in [-0.3, -0.25) is 0 Å². The smallest absolute Gasteiger partial charge is 0.0113 e. The van der Waals surface area contributed by atoms with E-state index < -0.39 is 0 Å². The van der Waals surface area contributed by atoms with E-state index in [-0.39, 0.29) is 0 Å². The highest BCUT2D eigenvalue weighted by atomic mass is 14.9. The molecule has 0 aliphatic heterocycles. The molecule has 1 heteroatoms. The molecule has 0 saturated heterocycles. The molecule has 1 nitrogen and oxygen atoms in total. The molecule has 0 bridgehead atoms. The molecule has 1 N–H and O–H groups in total. The second-order valence-electron chi connectivity index (χ2n) is 5.94. The Labute approximate surface area is 89.7 Å². The van der Waals surface area contributed by atoms with Crippen LogP contribution < -0.4 is 5.32 Å². The second-order valence-corrected chi connectivity index (χ2v) is 5.94. The molecule has 0 aromatic heterocycles. The summed E-state index contributed by atoms with van der Waals surface area (Å²) in [6.45, 7) is 7.01. The molecule has 0 aromatic carbocycles. The van der Waals surface area contributed by atoms with Gasteiger partial charge in [-0.15, -0.1) is 0 Å². The van der Waals surface area contributed by atoms with E-state index in [1.54, 1.807) is 0 Å². The summed E-state index contributed by atoms with van der Waals surface area (Å²) in [5.74, 6) is 1.04. The van der Waals surface area contributed by atoms with Crippen molar-refractivity contribution in [1.82, 2.24) is 5.32 Å². The summed E-state index contributed by atoms with van der Waals surface area (Å²) in [5, 5.41) is 3.47. The fourth-order valence-corrected chi connectivity index (χ4v) is 2.71. The van der Waals surface area contributed by atoms with E-state index in [0.29, 0.717) is 11.5 Å². The third kappa shape index (κ3) is 3.61. The van der Waals surface area contributed by atoms with Crippen LogP contribution in [0.2, 0.25) is 0 Å². The summed E-state index contributed by atoms with van der Waals surface area (Å²) in [6, 6.07) is 0.683. The van der Waals surface area contributed by atoms with Gasteiger partial charge < -0.3 is 5.32 Å². The van der Waals surface area contributed by atoms with E-state index in [1.165, 1.54) is 38.5 Å². The lowest BCUT2D eigenvalue weighted by Gasteiger charge is -2.31. The Hall–Kier alpha value is -0.0400. The summed E-state index contributed by atoms with van der Waals surface area (Å²) in [4.78, 5) is 0. The fraction of sp³-hybridized carbons (Fsp3) is 1.00. The van der Waals surface area contributed by atoms with Crippen LogP contribution in [-0.4, -0.2) is 13.1 Å². The second kappa shape index (κ2) is 5.16. The molecule has 1 aliphatic rings. The molecule has 0 heterocycles. The van der Waals surface area contributed by atoms with Gasteiger partial charge in [0.2, 0.25) is 0 Å². The highest BCUT2D eigenvalue weighted by Gasteiger charge is 2.24. The minimum absolute atomic E-state index is 0.410. The summed E-state index contributed by atoms with van der Waals surface area (Å²) >= 11 is 0. The number of hydrogen-bond acceptors (Lipinski definition) is 1. The lowest BCUT2D eigenvalue weighted by molar-refractivity contribution is 0.251. The molecule has 1 rings (SSSR count). The van der Waals surface area contributed by atoms with Gasteiger partial charge in [-0.1, -0.05) is 46.5 Å². The lowest BCUT2D eigenvalue weighted by Crippen LogP contribution is -2.38. The molecule has 1 aliphatic carbocycles. The Bertz CT molecular complexity index is 151. The molecule has 84 valence electrons. The highest BCUT2D eigenvalue weighted by Crippen LogP contribution is 2.31. The maximum Gasteiger partial charge on any atom is 0.0113 e. The summed E-state index contributed by atoms with van der Waals surface area (Å²) in [5.41, 5.74) is 0.410. The Morgan fingerprint density at radius 2 is 1.79 bits per heavy atom. The zero-order valence-corrected chi connectivity index (χ0v) is 10.4. The van der Waals surface area contributed by atoms with Gasteiger partial charge in [0.05, 0.1) is 0 Å². The molecule has 1 fully saturated rings. The number of nitrogens with one attached hydrogen (secondary N) is 1. The standard InChI is InChI=1S/C13H27N/c1-13(2,3)12(14-4)10-9-11-7-5-6-8-11/h11-12,14H,5-10H2,1-4H3. The van der Waals surface area contributed by atoms with Crippen LogP contribution in [-0.2, 0) is 0 Å². The van der Waals surface area contributed by atoms with Gasteiger partial charge in [0, 0.05) is 6.04 Å². The van der Waals surface area contributed by atoms with Crippen LogP contribution in [0.5, 0.6) is 0 Å². The zero-order valence-electron chi connectivity index (χ0n) is 10.4. The van der Waals surface area contributed by atoms with Crippen molar-refractivity contribution in [3.63, 3.8) is 0 Å². The Morgan fingerprint density at radius 3 is 2.21 bits per heavy atom. The van der Waals surface area contributed by atoms with Crippen LogP contribution in [0.4, 0.5) is 0 Å². The molecule has 0 radical (unpaired) electrons. The maximum atomic E-state index is 3.47. The first-order valence-electron chi connectivity index (χ1n) is 6.21. The van der Waals surface area contributed by atoms with Gasteiger partial charge >= 0.3 is 0 Å². The number of rotatable bonds is 4. The Morgan fingerprint density at radius 1 is 1.21 bits per heavy atom. The van der Waals surface area contributed by atoms with E-state index in [0.717, 1.165) is 5.92 Å². The molecule has 0 amide bonds. The van der Waals surface area contributed by atoms with Crippen molar-refractivity contribution in [3.8, 4) is 0 Å². The molecular formula is C13H27N. The topological polar surface area (TPSA) is 12.0 Å². The highest BCUT2D eigenvalue weighted by molar-refractivity contribution is 4.80. The first-order valence-corrected chi connectivity index (χ1v) is 6.21. The number of hydrogen-bond donors (Lipinski definition) is 1. The van der Waals surface area contributed by atoms with E-state index in [9.17, 15) is 0 Å². The first-order chi connectivity index (χ1) is 6.54. The predicted molar refractivity (Wildman–Crippen MR) is 63.5 cm³/mol. The van der Waals surface area contributed by atoms with Crippen molar-refractivity contribution in [3.05, 3.63) is 0 Å². The molecule has 1 unspecified atom stereocenters. The van der Waals surface area contributed by atoms with Gasteiger partial charge in [-0.05, 0) is 31.2 Å². The molecule has 1 saturated carbocycles. The average molecular weight is 197 g/mol. The maximum absolute atomic E-state index is 3.47. The van der Waals surface area contributed by atoms with Crippen LogP contribution >= 0.6 is 0 Å². The van der Waals surface area contributed by atoms with Gasteiger partial charge in [-0.2, -0.15) is 0 Å². The minimum Gasteiger partial charge on any atom is -0.316 e. The van der Waals surface area contributed by atoms with Crippen LogP contribution in [0.3, 0.4) is 0 Å². The summed E-state index contributed by atoms with van der Waals surface area (Å²) in [6.07, 6.45) is 8.71. The lowest BCUT2D eigenvalue weighted by atomic mass is 9.82. The van der Waals surface area contributed by atoms with E-state index in [4.69, 9.17) is 0 Å². The van der Waals surface area contributed by atoms with E-state index in [2.05, 4.69) is 33.1 Å². The van der Waals surface area contributed by atoms with Crippen molar-refractivity contribution >= 4 is 0 Å². The summed E-state index contributed by atoms with van der Waals surface area (Å²) in [7, 11) is 2.10. The van der Waals surface area contributed by atoms with Gasteiger partial charge in [0.1, 0.15) is 0 Å². The molecule has 0 aromatic rings. The first kappa shape index (κ1) is 12.0. The van der Waals surface area contributed by atoms with Crippen LogP contribution in [0.15, 0.2) is 0 Å². The van der Waals surface area contributed by atoms with Crippen LogP contribution in [0.25, 0.3) is 0 Å². The van der Waals surface area contributed by atoms with Gasteiger partial charge in [0.25, 0.3) is 0 Å². The van der Waals surface area contributed by atoms with Crippen molar-refractivity contribution in [2.24, 2.45) is 11.3 Å². The zero-order chi connectivity index (χ0) is 10.6. The third-order valence-corrected chi connectivity index (χ3v) is 3.73. The average Bonchev–Trinajstić information content (AvgIpc) is 2.55. The van der Waals surface area contributed by atoms with Gasteiger partial charge in [-0.25, -0.2) is 0 Å². The molecule has 1 atom stereocenters. The Kier molecular flexibility index (Phi) is 4.43. The van der Waals surface area contributed by atoms with Gasteiger partial charge in [0.15, 0.2) is 0 Å². The quantitative estimate of drug-likeness (QED) is 0.726. The Balaban J connectivity index is 2.26. The fourth-order valence-electron chi connectivity index (χ4n) is 2.71.